The van der Waals surface area contributed by atoms with Crippen LogP contribution in [0.4, 0.5) is 4.79 Å². The van der Waals surface area contributed by atoms with Gasteiger partial charge in [-0.1, -0.05) is 46.2 Å². The molecule has 2 heterocycles. The number of benzene rings is 1. The van der Waals surface area contributed by atoms with Gasteiger partial charge < -0.3 is 24.0 Å². The molecule has 1 unspecified atom stereocenters. The molecule has 9 nitrogen and oxygen atoms in total. The number of methoxy groups -OCH3 is 1. The fourth-order valence-electron chi connectivity index (χ4n) is 4.00. The highest BCUT2D eigenvalue weighted by Crippen LogP contribution is 2.38. The van der Waals surface area contributed by atoms with Crippen molar-refractivity contribution in [3.05, 3.63) is 41.2 Å². The van der Waals surface area contributed by atoms with Gasteiger partial charge in [0.25, 0.3) is 0 Å². The van der Waals surface area contributed by atoms with E-state index in [0.29, 0.717) is 28.8 Å². The summed E-state index contributed by atoms with van der Waals surface area (Å²) in [4.78, 5) is 17.1. The number of nitrogens with one attached hydrogen (secondary N) is 1. The van der Waals surface area contributed by atoms with Crippen LogP contribution in [-0.2, 0) is 9.16 Å². The van der Waals surface area contributed by atoms with Gasteiger partial charge in [-0.05, 0) is 57.0 Å². The molecule has 2 aromatic heterocycles. The zero-order chi connectivity index (χ0) is 31.5. The molecular weight excluding hydrogens is 572 g/mol. The van der Waals surface area contributed by atoms with Gasteiger partial charge in [0.15, 0.2) is 14.0 Å². The lowest BCUT2D eigenvalue weighted by Crippen LogP contribution is -2.46. The Labute approximate surface area is 256 Å². The Kier molecular flexibility index (Phi) is 10.6. The standard InChI is InChI=1S/C31H47ClN4O5Si/c1-20(2)25-18-33-36-27(32)17-26(34-28(25)36)21-14-23(38-9)16-24(15-21)40-19-22(41-42(10,11)31(6,7)8)12-13-39-29(37)35-30(3,4)5/h14-18,20,22H,12-13,19H2,1-11H3,(H,35,37). The van der Waals surface area contributed by atoms with Gasteiger partial charge in [-0.3, -0.25) is 0 Å². The Balaban J connectivity index is 1.85. The molecule has 0 bridgehead atoms. The van der Waals surface area contributed by atoms with Crippen molar-refractivity contribution in [3.63, 3.8) is 0 Å². The van der Waals surface area contributed by atoms with Crippen LogP contribution in [0.3, 0.4) is 0 Å². The first-order valence-electron chi connectivity index (χ1n) is 14.4. The third-order valence-corrected chi connectivity index (χ3v) is 12.1. The van der Waals surface area contributed by atoms with Crippen LogP contribution >= 0.6 is 11.6 Å². The molecule has 3 aromatic rings. The van der Waals surface area contributed by atoms with Crippen molar-refractivity contribution in [2.75, 3.05) is 20.3 Å². The first-order chi connectivity index (χ1) is 19.4. The summed E-state index contributed by atoms with van der Waals surface area (Å²) < 4.78 is 25.7. The van der Waals surface area contributed by atoms with E-state index in [4.69, 9.17) is 35.2 Å². The summed E-state index contributed by atoms with van der Waals surface area (Å²) in [6.07, 6.45) is 1.57. The van der Waals surface area contributed by atoms with E-state index in [2.05, 4.69) is 58.1 Å². The van der Waals surface area contributed by atoms with Gasteiger partial charge in [0, 0.05) is 35.2 Å². The van der Waals surface area contributed by atoms with Crippen molar-refractivity contribution >= 4 is 31.7 Å². The third-order valence-electron chi connectivity index (χ3n) is 7.34. The van der Waals surface area contributed by atoms with Gasteiger partial charge in [0.05, 0.1) is 31.7 Å². The number of carbonyl (C=O) groups excluding carboxylic acids is 1. The summed E-state index contributed by atoms with van der Waals surface area (Å²) in [5, 5.41) is 7.69. The minimum absolute atomic E-state index is 0.00490. The van der Waals surface area contributed by atoms with Gasteiger partial charge in [-0.2, -0.15) is 5.10 Å². The highest BCUT2D eigenvalue weighted by molar-refractivity contribution is 6.74. The number of hydrogen-bond acceptors (Lipinski definition) is 7. The Morgan fingerprint density at radius 3 is 2.33 bits per heavy atom. The van der Waals surface area contributed by atoms with Crippen LogP contribution in [0.2, 0.25) is 23.3 Å². The molecule has 232 valence electrons. The molecule has 0 radical (unpaired) electrons. The molecule has 0 saturated heterocycles. The first kappa shape index (κ1) is 33.7. The molecule has 0 aliphatic rings. The quantitative estimate of drug-likeness (QED) is 0.172. The predicted octanol–water partition coefficient (Wildman–Crippen LogP) is 7.87. The fraction of sp³-hybridized carbons (Fsp3) is 0.581. The van der Waals surface area contributed by atoms with E-state index < -0.39 is 14.4 Å². The van der Waals surface area contributed by atoms with E-state index in [-0.39, 0.29) is 35.8 Å². The Hall–Kier alpha value is -2.82. The second-order valence-electron chi connectivity index (χ2n) is 13.5. The molecule has 0 fully saturated rings. The molecule has 1 aromatic carbocycles. The number of fused-ring (bicyclic) bond motifs is 1. The van der Waals surface area contributed by atoms with E-state index in [0.717, 1.165) is 16.8 Å². The Morgan fingerprint density at radius 2 is 1.74 bits per heavy atom. The maximum atomic E-state index is 12.2. The van der Waals surface area contributed by atoms with Crippen molar-refractivity contribution in [1.82, 2.24) is 19.9 Å². The summed E-state index contributed by atoms with van der Waals surface area (Å²) in [6, 6.07) is 7.44. The molecule has 0 aliphatic carbocycles. The number of amides is 1. The molecule has 42 heavy (non-hydrogen) atoms. The minimum Gasteiger partial charge on any atom is -0.497 e. The number of hydrogen-bond donors (Lipinski definition) is 1. The third kappa shape index (κ3) is 8.84. The number of alkyl carbamates (subject to hydrolysis) is 1. The Bertz CT molecular complexity index is 1380. The van der Waals surface area contributed by atoms with Crippen molar-refractivity contribution in [3.8, 4) is 22.8 Å². The van der Waals surface area contributed by atoms with Gasteiger partial charge in [0.2, 0.25) is 0 Å². The number of carbonyl (C=O) groups is 1. The van der Waals surface area contributed by atoms with Gasteiger partial charge >= 0.3 is 6.09 Å². The molecule has 1 amide bonds. The summed E-state index contributed by atoms with van der Waals surface area (Å²) in [5.74, 6) is 1.48. The SMILES string of the molecule is COc1cc(OCC(CCOC(=O)NC(C)(C)C)O[Si](C)(C)C(C)(C)C)cc(-c2cc(Cl)n3ncc(C(C)C)c3n2)c1. The van der Waals surface area contributed by atoms with Crippen LogP contribution in [-0.4, -0.2) is 61.0 Å². The summed E-state index contributed by atoms with van der Waals surface area (Å²) >= 11 is 6.60. The summed E-state index contributed by atoms with van der Waals surface area (Å²) in [5.41, 5.74) is 2.84. The van der Waals surface area contributed by atoms with Crippen molar-refractivity contribution in [2.24, 2.45) is 0 Å². The lowest BCUT2D eigenvalue weighted by atomic mass is 10.1. The molecular formula is C31H47ClN4O5Si. The molecule has 0 spiro atoms. The van der Waals surface area contributed by atoms with Crippen molar-refractivity contribution in [1.29, 1.82) is 0 Å². The van der Waals surface area contributed by atoms with Gasteiger partial charge in [-0.15, -0.1) is 0 Å². The topological polar surface area (TPSA) is 96.2 Å². The lowest BCUT2D eigenvalue weighted by molar-refractivity contribution is 0.0765. The van der Waals surface area contributed by atoms with Crippen LogP contribution < -0.4 is 14.8 Å². The molecule has 0 aliphatic heterocycles. The smallest absolute Gasteiger partial charge is 0.407 e. The number of nitrogens with zero attached hydrogens (tertiary/aromatic N) is 3. The lowest BCUT2D eigenvalue weighted by Gasteiger charge is -2.39. The molecule has 1 N–H and O–H groups in total. The van der Waals surface area contributed by atoms with Crippen LogP contribution in [0.25, 0.3) is 16.9 Å². The van der Waals surface area contributed by atoms with Crippen LogP contribution in [0.1, 0.15) is 73.3 Å². The average Bonchev–Trinajstić information content (AvgIpc) is 3.30. The van der Waals surface area contributed by atoms with E-state index in [9.17, 15) is 4.79 Å². The normalized spacial score (nSPS) is 13.4. The first-order valence-corrected chi connectivity index (χ1v) is 17.7. The molecule has 0 saturated carbocycles. The van der Waals surface area contributed by atoms with Crippen LogP contribution in [0.5, 0.6) is 11.5 Å². The maximum absolute atomic E-state index is 12.2. The number of aromatic nitrogens is 3. The van der Waals surface area contributed by atoms with Crippen LogP contribution in [0, 0.1) is 0 Å². The molecule has 1 atom stereocenters. The van der Waals surface area contributed by atoms with Crippen molar-refractivity contribution in [2.45, 2.75) is 97.5 Å². The number of halogens is 1. The van der Waals surface area contributed by atoms with E-state index >= 15 is 0 Å². The predicted molar refractivity (Wildman–Crippen MR) is 170 cm³/mol. The summed E-state index contributed by atoms with van der Waals surface area (Å²) in [6.45, 7) is 21.4. The maximum Gasteiger partial charge on any atom is 0.407 e. The fourth-order valence-corrected chi connectivity index (χ4v) is 5.60. The van der Waals surface area contributed by atoms with Gasteiger partial charge in [-0.25, -0.2) is 14.3 Å². The number of rotatable bonds is 11. The highest BCUT2D eigenvalue weighted by Gasteiger charge is 2.39. The summed E-state index contributed by atoms with van der Waals surface area (Å²) in [7, 11) is -0.522. The largest absolute Gasteiger partial charge is 0.497 e. The molecule has 11 heteroatoms. The second-order valence-corrected chi connectivity index (χ2v) is 18.6. The van der Waals surface area contributed by atoms with E-state index in [1.807, 2.05) is 45.2 Å². The zero-order valence-corrected chi connectivity index (χ0v) is 28.7. The highest BCUT2D eigenvalue weighted by atomic mass is 35.5. The monoisotopic (exact) mass is 618 g/mol. The average molecular weight is 619 g/mol. The molecule has 3 rings (SSSR count). The number of ether oxygens (including phenoxy) is 3. The van der Waals surface area contributed by atoms with Crippen molar-refractivity contribution < 1.29 is 23.4 Å². The van der Waals surface area contributed by atoms with Gasteiger partial charge in [0.1, 0.15) is 23.3 Å². The van der Waals surface area contributed by atoms with E-state index in [1.165, 1.54) is 0 Å². The Morgan fingerprint density at radius 1 is 1.07 bits per heavy atom. The van der Waals surface area contributed by atoms with E-state index in [1.54, 1.807) is 17.7 Å². The minimum atomic E-state index is -2.14. The zero-order valence-electron chi connectivity index (χ0n) is 26.9. The second kappa shape index (κ2) is 13.2. The van der Waals surface area contributed by atoms with Crippen LogP contribution in [0.15, 0.2) is 30.5 Å².